The number of carbonyl (C=O) groups excluding carboxylic acids is 1. The first-order valence-electron chi connectivity index (χ1n) is 6.24. The van der Waals surface area contributed by atoms with Crippen LogP contribution in [0.3, 0.4) is 0 Å². The van der Waals surface area contributed by atoms with Gasteiger partial charge in [0.05, 0.1) is 17.2 Å². The SMILES string of the molecule is Cc1cc(C)c(C2(N=C=O)CCCC2)cc1C#N. The van der Waals surface area contributed by atoms with Gasteiger partial charge in [-0.2, -0.15) is 10.3 Å². The van der Waals surface area contributed by atoms with Gasteiger partial charge >= 0.3 is 0 Å². The van der Waals surface area contributed by atoms with E-state index in [0.717, 1.165) is 42.4 Å². The van der Waals surface area contributed by atoms with Gasteiger partial charge in [-0.1, -0.05) is 18.9 Å². The predicted molar refractivity (Wildman–Crippen MR) is 68.9 cm³/mol. The molecule has 0 N–H and O–H groups in total. The molecule has 0 unspecified atom stereocenters. The van der Waals surface area contributed by atoms with E-state index in [-0.39, 0.29) is 0 Å². The number of nitrogens with zero attached hydrogens (tertiary/aromatic N) is 2. The fraction of sp³-hybridized carbons (Fsp3) is 0.467. The van der Waals surface area contributed by atoms with Crippen molar-refractivity contribution in [1.29, 1.82) is 5.26 Å². The molecule has 1 aromatic rings. The number of nitriles is 1. The average Bonchev–Trinajstić information content (AvgIpc) is 2.79. The van der Waals surface area contributed by atoms with Gasteiger partial charge in [0, 0.05) is 0 Å². The number of aryl methyl sites for hydroxylation is 2. The second kappa shape index (κ2) is 4.76. The quantitative estimate of drug-likeness (QED) is 0.588. The molecule has 1 saturated carbocycles. The van der Waals surface area contributed by atoms with Crippen LogP contribution in [0.1, 0.15) is 47.9 Å². The first kappa shape index (κ1) is 12.5. The third-order valence-electron chi connectivity index (χ3n) is 3.88. The lowest BCUT2D eigenvalue weighted by atomic mass is 9.84. The summed E-state index contributed by atoms with van der Waals surface area (Å²) < 4.78 is 0. The number of benzene rings is 1. The van der Waals surface area contributed by atoms with Gasteiger partial charge in [-0.05, 0) is 49.4 Å². The Balaban J connectivity index is 2.62. The van der Waals surface area contributed by atoms with Crippen LogP contribution in [0, 0.1) is 25.2 Å². The van der Waals surface area contributed by atoms with Gasteiger partial charge in [0.15, 0.2) is 0 Å². The van der Waals surface area contributed by atoms with Crippen molar-refractivity contribution in [1.82, 2.24) is 0 Å². The Hall–Kier alpha value is -1.91. The van der Waals surface area contributed by atoms with Crippen LogP contribution in [0.5, 0.6) is 0 Å². The Kier molecular flexibility index (Phi) is 3.32. The molecule has 3 nitrogen and oxygen atoms in total. The molecule has 0 spiro atoms. The van der Waals surface area contributed by atoms with E-state index in [0.29, 0.717) is 5.56 Å². The Labute approximate surface area is 107 Å². The zero-order chi connectivity index (χ0) is 13.2. The summed E-state index contributed by atoms with van der Waals surface area (Å²) in [6.07, 6.45) is 5.60. The first-order valence-corrected chi connectivity index (χ1v) is 6.24. The highest BCUT2D eigenvalue weighted by Crippen LogP contribution is 2.43. The minimum Gasteiger partial charge on any atom is -0.211 e. The molecule has 2 rings (SSSR count). The number of hydrogen-bond acceptors (Lipinski definition) is 3. The van der Waals surface area contributed by atoms with Gasteiger partial charge < -0.3 is 0 Å². The predicted octanol–water partition coefficient (Wildman–Crippen LogP) is 3.28. The normalized spacial score (nSPS) is 16.9. The van der Waals surface area contributed by atoms with E-state index in [1.165, 1.54) is 0 Å². The molecule has 0 amide bonds. The highest BCUT2D eigenvalue weighted by atomic mass is 16.1. The van der Waals surface area contributed by atoms with Gasteiger partial charge in [0.25, 0.3) is 0 Å². The molecule has 0 aromatic heterocycles. The summed E-state index contributed by atoms with van der Waals surface area (Å²) in [6, 6.07) is 6.11. The van der Waals surface area contributed by atoms with E-state index in [1.54, 1.807) is 6.08 Å². The monoisotopic (exact) mass is 240 g/mol. The topological polar surface area (TPSA) is 53.2 Å². The van der Waals surface area contributed by atoms with Crippen molar-refractivity contribution in [2.24, 2.45) is 4.99 Å². The van der Waals surface area contributed by atoms with Crippen LogP contribution in [0.2, 0.25) is 0 Å². The molecule has 1 aliphatic carbocycles. The minimum atomic E-state index is -0.439. The molecule has 3 heteroatoms. The Morgan fingerprint density at radius 3 is 2.44 bits per heavy atom. The van der Waals surface area contributed by atoms with E-state index in [1.807, 2.05) is 26.0 Å². The Bertz CT molecular complexity index is 557. The second-order valence-electron chi connectivity index (χ2n) is 5.04. The molecule has 0 aliphatic heterocycles. The summed E-state index contributed by atoms with van der Waals surface area (Å²) >= 11 is 0. The summed E-state index contributed by atoms with van der Waals surface area (Å²) in [5, 5.41) is 9.13. The molecule has 1 aliphatic rings. The first-order chi connectivity index (χ1) is 8.63. The Morgan fingerprint density at radius 1 is 1.22 bits per heavy atom. The maximum Gasteiger partial charge on any atom is 0.235 e. The fourth-order valence-corrected chi connectivity index (χ4v) is 2.96. The number of rotatable bonds is 2. The standard InChI is InChI=1S/C15H16N2O/c1-11-7-12(2)14(8-13(11)9-16)15(17-10-18)5-3-4-6-15/h7-8H,3-6H2,1-2H3. The van der Waals surface area contributed by atoms with Crippen LogP contribution in [0.15, 0.2) is 17.1 Å². The van der Waals surface area contributed by atoms with E-state index in [9.17, 15) is 4.79 Å². The third kappa shape index (κ3) is 1.96. The molecule has 0 atom stereocenters. The van der Waals surface area contributed by atoms with Crippen molar-refractivity contribution in [3.63, 3.8) is 0 Å². The van der Waals surface area contributed by atoms with E-state index in [4.69, 9.17) is 5.26 Å². The van der Waals surface area contributed by atoms with Crippen LogP contribution < -0.4 is 0 Å². The molecule has 92 valence electrons. The highest BCUT2D eigenvalue weighted by molar-refractivity contribution is 5.48. The van der Waals surface area contributed by atoms with Crippen LogP contribution in [-0.2, 0) is 10.3 Å². The van der Waals surface area contributed by atoms with Crippen LogP contribution >= 0.6 is 0 Å². The maximum atomic E-state index is 10.7. The lowest BCUT2D eigenvalue weighted by molar-refractivity contribution is 0.453. The largest absolute Gasteiger partial charge is 0.235 e. The summed E-state index contributed by atoms with van der Waals surface area (Å²) in [4.78, 5) is 14.8. The van der Waals surface area contributed by atoms with Gasteiger partial charge in [-0.25, -0.2) is 4.79 Å². The molecule has 1 fully saturated rings. The summed E-state index contributed by atoms with van der Waals surface area (Å²) in [5.41, 5.74) is 3.33. The third-order valence-corrected chi connectivity index (χ3v) is 3.88. The van der Waals surface area contributed by atoms with Gasteiger partial charge in [0.2, 0.25) is 6.08 Å². The second-order valence-corrected chi connectivity index (χ2v) is 5.04. The zero-order valence-corrected chi connectivity index (χ0v) is 10.8. The lowest BCUT2D eigenvalue weighted by Crippen LogP contribution is -2.20. The van der Waals surface area contributed by atoms with E-state index >= 15 is 0 Å². The molecule has 18 heavy (non-hydrogen) atoms. The molecular formula is C15H16N2O. The highest BCUT2D eigenvalue weighted by Gasteiger charge is 2.37. The van der Waals surface area contributed by atoms with Gasteiger partial charge in [-0.15, -0.1) is 0 Å². The van der Waals surface area contributed by atoms with Crippen molar-refractivity contribution < 1.29 is 4.79 Å². The molecule has 0 heterocycles. The zero-order valence-electron chi connectivity index (χ0n) is 10.8. The molecule has 0 saturated heterocycles. The molecule has 0 bridgehead atoms. The number of hydrogen-bond donors (Lipinski definition) is 0. The summed E-state index contributed by atoms with van der Waals surface area (Å²) in [7, 11) is 0. The van der Waals surface area contributed by atoms with Crippen LogP contribution in [0.4, 0.5) is 0 Å². The van der Waals surface area contributed by atoms with Gasteiger partial charge in [0.1, 0.15) is 0 Å². The number of isocyanates is 1. The van der Waals surface area contributed by atoms with Crippen molar-refractivity contribution in [3.05, 3.63) is 34.4 Å². The van der Waals surface area contributed by atoms with E-state index in [2.05, 4.69) is 11.1 Å². The van der Waals surface area contributed by atoms with Crippen molar-refractivity contribution >= 4 is 6.08 Å². The van der Waals surface area contributed by atoms with Crippen LogP contribution in [-0.4, -0.2) is 6.08 Å². The summed E-state index contributed by atoms with van der Waals surface area (Å²) in [6.45, 7) is 3.95. The van der Waals surface area contributed by atoms with Crippen LogP contribution in [0.25, 0.3) is 0 Å². The molecule has 1 aromatic carbocycles. The smallest absolute Gasteiger partial charge is 0.211 e. The average molecular weight is 240 g/mol. The van der Waals surface area contributed by atoms with Crippen molar-refractivity contribution in [3.8, 4) is 6.07 Å². The van der Waals surface area contributed by atoms with E-state index < -0.39 is 5.54 Å². The van der Waals surface area contributed by atoms with Crippen molar-refractivity contribution in [2.45, 2.75) is 45.1 Å². The minimum absolute atomic E-state index is 0.439. The molecule has 0 radical (unpaired) electrons. The molecular weight excluding hydrogens is 224 g/mol. The maximum absolute atomic E-state index is 10.7. The number of aliphatic imine (C=N–C) groups is 1. The Morgan fingerprint density at radius 2 is 1.89 bits per heavy atom. The summed E-state index contributed by atoms with van der Waals surface area (Å²) in [5.74, 6) is 0. The fourth-order valence-electron chi connectivity index (χ4n) is 2.96. The lowest BCUT2D eigenvalue weighted by Gasteiger charge is -2.25. The van der Waals surface area contributed by atoms with Crippen molar-refractivity contribution in [2.75, 3.05) is 0 Å². The van der Waals surface area contributed by atoms with Gasteiger partial charge in [-0.3, -0.25) is 0 Å².